The summed E-state index contributed by atoms with van der Waals surface area (Å²) in [6.45, 7) is 4.28. The first-order chi connectivity index (χ1) is 11.8. The molecule has 25 heavy (non-hydrogen) atoms. The number of piperidine rings is 1. The normalized spacial score (nSPS) is 24.4. The van der Waals surface area contributed by atoms with Crippen LogP contribution in [0.4, 0.5) is 4.79 Å². The number of carbonyl (C=O) groups excluding carboxylic acids is 1. The van der Waals surface area contributed by atoms with E-state index in [0.29, 0.717) is 26.2 Å². The molecule has 3 aliphatic rings. The van der Waals surface area contributed by atoms with Gasteiger partial charge < -0.3 is 9.80 Å². The third-order valence-electron chi connectivity index (χ3n) is 4.99. The van der Waals surface area contributed by atoms with Crippen molar-refractivity contribution in [1.29, 1.82) is 0 Å². The lowest BCUT2D eigenvalue weighted by Crippen LogP contribution is -2.48. The number of amides is 2. The van der Waals surface area contributed by atoms with Crippen LogP contribution in [-0.4, -0.2) is 78.1 Å². The summed E-state index contributed by atoms with van der Waals surface area (Å²) in [5.41, 5.74) is 0. The predicted molar refractivity (Wildman–Crippen MR) is 93.6 cm³/mol. The minimum atomic E-state index is -3.58. The number of hydrogen-bond donors (Lipinski definition) is 0. The second kappa shape index (κ2) is 6.95. The summed E-state index contributed by atoms with van der Waals surface area (Å²) in [6, 6.07) is -0.214. The Labute approximate surface area is 149 Å². The highest BCUT2D eigenvalue weighted by Crippen LogP contribution is 2.32. The van der Waals surface area contributed by atoms with Crippen molar-refractivity contribution in [2.24, 2.45) is 5.92 Å². The molecule has 1 aromatic rings. The summed E-state index contributed by atoms with van der Waals surface area (Å²) in [7, 11) is -0.129. The lowest BCUT2D eigenvalue weighted by atomic mass is 9.97. The van der Waals surface area contributed by atoms with Gasteiger partial charge in [0.1, 0.15) is 4.90 Å². The molecule has 4 heterocycles. The zero-order valence-corrected chi connectivity index (χ0v) is 15.9. The number of rotatable bonds is 4. The molecule has 0 spiro atoms. The SMILES string of the molecule is CCCn1cc(S(=O)(=O)N2CC3CCC2CN(C(=O)N(C)C)C3)cn1. The van der Waals surface area contributed by atoms with Gasteiger partial charge in [-0.05, 0) is 25.2 Å². The predicted octanol–water partition coefficient (Wildman–Crippen LogP) is 1.06. The molecule has 0 N–H and O–H groups in total. The van der Waals surface area contributed by atoms with Gasteiger partial charge in [0, 0.05) is 52.5 Å². The lowest BCUT2D eigenvalue weighted by molar-refractivity contribution is 0.167. The summed E-state index contributed by atoms with van der Waals surface area (Å²) in [5.74, 6) is 0.183. The Morgan fingerprint density at radius 1 is 1.28 bits per heavy atom. The topological polar surface area (TPSA) is 78.8 Å². The van der Waals surface area contributed by atoms with Gasteiger partial charge in [0.05, 0.1) is 6.20 Å². The highest BCUT2D eigenvalue weighted by Gasteiger charge is 2.42. The molecule has 3 fully saturated rings. The summed E-state index contributed by atoms with van der Waals surface area (Å²) in [5, 5.41) is 4.16. The average molecular weight is 369 g/mol. The number of aryl methyl sites for hydroxylation is 1. The monoisotopic (exact) mass is 369 g/mol. The number of sulfonamides is 1. The number of fused-ring (bicyclic) bond motifs is 4. The molecule has 9 heteroatoms. The van der Waals surface area contributed by atoms with E-state index in [2.05, 4.69) is 5.10 Å². The molecule has 0 aliphatic carbocycles. The van der Waals surface area contributed by atoms with Gasteiger partial charge >= 0.3 is 6.03 Å². The Balaban J connectivity index is 1.84. The first-order valence-corrected chi connectivity index (χ1v) is 10.3. The van der Waals surface area contributed by atoms with E-state index < -0.39 is 10.0 Å². The van der Waals surface area contributed by atoms with Crippen LogP contribution in [0.15, 0.2) is 17.3 Å². The molecule has 2 amide bonds. The van der Waals surface area contributed by atoms with Crippen LogP contribution in [0.2, 0.25) is 0 Å². The molecule has 3 aliphatic heterocycles. The van der Waals surface area contributed by atoms with Crippen molar-refractivity contribution < 1.29 is 13.2 Å². The lowest BCUT2D eigenvalue weighted by Gasteiger charge is -2.34. The molecule has 2 unspecified atom stereocenters. The van der Waals surface area contributed by atoms with Crippen LogP contribution < -0.4 is 0 Å². The van der Waals surface area contributed by atoms with Crippen LogP contribution in [-0.2, 0) is 16.6 Å². The zero-order valence-electron chi connectivity index (χ0n) is 15.1. The van der Waals surface area contributed by atoms with Gasteiger partial charge in [0.2, 0.25) is 10.0 Å². The van der Waals surface area contributed by atoms with Crippen molar-refractivity contribution in [1.82, 2.24) is 23.9 Å². The second-order valence-electron chi connectivity index (χ2n) is 7.19. The van der Waals surface area contributed by atoms with Crippen LogP contribution in [0, 0.1) is 5.92 Å². The summed E-state index contributed by atoms with van der Waals surface area (Å²) < 4.78 is 29.5. The number of hydrogen-bond acceptors (Lipinski definition) is 4. The maximum Gasteiger partial charge on any atom is 0.319 e. The summed E-state index contributed by atoms with van der Waals surface area (Å²) in [4.78, 5) is 15.9. The first-order valence-electron chi connectivity index (χ1n) is 8.83. The average Bonchev–Trinajstić information content (AvgIpc) is 2.85. The fourth-order valence-electron chi connectivity index (χ4n) is 3.74. The van der Waals surface area contributed by atoms with Crippen molar-refractivity contribution in [3.63, 3.8) is 0 Å². The van der Waals surface area contributed by atoms with E-state index >= 15 is 0 Å². The first kappa shape index (κ1) is 18.2. The molecular formula is C16H27N5O3S. The number of aromatic nitrogens is 2. The minimum absolute atomic E-state index is 0.0492. The van der Waals surface area contributed by atoms with Crippen molar-refractivity contribution in [3.8, 4) is 0 Å². The quantitative estimate of drug-likeness (QED) is 0.795. The van der Waals surface area contributed by atoms with E-state index in [1.165, 1.54) is 6.20 Å². The van der Waals surface area contributed by atoms with Crippen LogP contribution >= 0.6 is 0 Å². The molecule has 0 aromatic carbocycles. The van der Waals surface area contributed by atoms with Crippen molar-refractivity contribution in [2.45, 2.75) is 43.7 Å². The highest BCUT2D eigenvalue weighted by molar-refractivity contribution is 7.89. The molecule has 2 atom stereocenters. The standard InChI is InChI=1S/C16H27N5O3S/c1-4-7-20-12-15(8-17-20)25(23,24)21-10-13-5-6-14(21)11-19(9-13)16(22)18(2)3/h8,12-14H,4-7,9-11H2,1-3H3. The van der Waals surface area contributed by atoms with Crippen molar-refractivity contribution in [2.75, 3.05) is 33.7 Å². The van der Waals surface area contributed by atoms with Crippen LogP contribution in [0.1, 0.15) is 26.2 Å². The summed E-state index contributed by atoms with van der Waals surface area (Å²) >= 11 is 0. The molecule has 2 bridgehead atoms. The summed E-state index contributed by atoms with van der Waals surface area (Å²) in [6.07, 6.45) is 5.71. The largest absolute Gasteiger partial charge is 0.331 e. The van der Waals surface area contributed by atoms with Gasteiger partial charge in [-0.25, -0.2) is 13.2 Å². The van der Waals surface area contributed by atoms with E-state index in [4.69, 9.17) is 0 Å². The maximum absolute atomic E-state index is 13.1. The van der Waals surface area contributed by atoms with Crippen LogP contribution in [0.3, 0.4) is 0 Å². The molecule has 0 radical (unpaired) electrons. The van der Waals surface area contributed by atoms with Gasteiger partial charge in [0.25, 0.3) is 0 Å². The Morgan fingerprint density at radius 3 is 2.72 bits per heavy atom. The molecule has 1 aromatic heterocycles. The Hall–Kier alpha value is -1.61. The molecular weight excluding hydrogens is 342 g/mol. The van der Waals surface area contributed by atoms with Crippen molar-refractivity contribution in [3.05, 3.63) is 12.4 Å². The molecule has 4 rings (SSSR count). The molecule has 140 valence electrons. The van der Waals surface area contributed by atoms with E-state index in [9.17, 15) is 13.2 Å². The van der Waals surface area contributed by atoms with Gasteiger partial charge in [-0.1, -0.05) is 6.92 Å². The Bertz CT molecular complexity index is 730. The fraction of sp³-hybridized carbons (Fsp3) is 0.750. The van der Waals surface area contributed by atoms with Crippen LogP contribution in [0.5, 0.6) is 0 Å². The number of nitrogens with zero attached hydrogens (tertiary/aromatic N) is 5. The Kier molecular flexibility index (Phi) is 5.06. The maximum atomic E-state index is 13.1. The van der Waals surface area contributed by atoms with Crippen LogP contribution in [0.25, 0.3) is 0 Å². The zero-order chi connectivity index (χ0) is 18.2. The van der Waals surface area contributed by atoms with Gasteiger partial charge in [0.15, 0.2) is 0 Å². The number of carbonyl (C=O) groups is 1. The van der Waals surface area contributed by atoms with Gasteiger partial charge in [-0.15, -0.1) is 0 Å². The highest BCUT2D eigenvalue weighted by atomic mass is 32.2. The van der Waals surface area contributed by atoms with E-state index in [1.54, 1.807) is 39.1 Å². The van der Waals surface area contributed by atoms with E-state index in [-0.39, 0.29) is 22.9 Å². The molecule has 0 saturated carbocycles. The Morgan fingerprint density at radius 2 is 2.04 bits per heavy atom. The smallest absolute Gasteiger partial charge is 0.319 e. The van der Waals surface area contributed by atoms with E-state index in [0.717, 1.165) is 19.3 Å². The number of urea groups is 1. The van der Waals surface area contributed by atoms with Gasteiger partial charge in [-0.2, -0.15) is 9.40 Å². The third-order valence-corrected chi connectivity index (χ3v) is 6.86. The van der Waals surface area contributed by atoms with E-state index in [1.807, 2.05) is 6.92 Å². The fourth-order valence-corrected chi connectivity index (χ4v) is 5.41. The van der Waals surface area contributed by atoms with Gasteiger partial charge in [-0.3, -0.25) is 4.68 Å². The molecule has 8 nitrogen and oxygen atoms in total. The molecule has 3 saturated heterocycles. The third kappa shape index (κ3) is 3.52. The van der Waals surface area contributed by atoms with Crippen molar-refractivity contribution >= 4 is 16.1 Å². The minimum Gasteiger partial charge on any atom is -0.331 e. The second-order valence-corrected chi connectivity index (χ2v) is 9.08.